The smallest absolute Gasteiger partial charge is 0.258 e. The van der Waals surface area contributed by atoms with Crippen LogP contribution >= 0.6 is 11.6 Å². The zero-order valence-electron chi connectivity index (χ0n) is 27.1. The van der Waals surface area contributed by atoms with Crippen LogP contribution in [0.15, 0.2) is 59.8 Å². The zero-order valence-corrected chi connectivity index (χ0v) is 24.9. The monoisotopic (exact) mass is 595 g/mol. The Bertz CT molecular complexity index is 2110. The first-order chi connectivity index (χ1) is 21.8. The second kappa shape index (κ2) is 9.81. The van der Waals surface area contributed by atoms with Gasteiger partial charge in [0, 0.05) is 46.5 Å². The van der Waals surface area contributed by atoms with Crippen LogP contribution in [-0.4, -0.2) is 31.1 Å². The third-order valence-corrected chi connectivity index (χ3v) is 9.03. The molecule has 0 aliphatic heterocycles. The van der Waals surface area contributed by atoms with Crippen molar-refractivity contribution >= 4 is 44.7 Å². The molecule has 10 heteroatoms. The summed E-state index contributed by atoms with van der Waals surface area (Å²) in [5.41, 5.74) is 2.99. The van der Waals surface area contributed by atoms with Crippen molar-refractivity contribution in [2.24, 2.45) is 18.3 Å². The van der Waals surface area contributed by atoms with E-state index in [1.54, 1.807) is 24.3 Å². The number of nitrogens with one attached hydrogen (secondary N) is 2. The van der Waals surface area contributed by atoms with Gasteiger partial charge in [-0.15, -0.1) is 5.10 Å². The van der Waals surface area contributed by atoms with Crippen LogP contribution in [0.2, 0.25) is 5.02 Å². The minimum absolute atomic E-state index is 0.0198. The molecule has 0 saturated heterocycles. The molecule has 2 bridgehead atoms. The summed E-state index contributed by atoms with van der Waals surface area (Å²) in [6.45, 7) is 4.33. The van der Waals surface area contributed by atoms with Gasteiger partial charge in [-0.3, -0.25) is 9.78 Å². The van der Waals surface area contributed by atoms with Gasteiger partial charge in [0.1, 0.15) is 11.8 Å². The van der Waals surface area contributed by atoms with Gasteiger partial charge in [0.05, 0.1) is 39.6 Å². The Balaban J connectivity index is 1.37. The Morgan fingerprint density at radius 2 is 2.02 bits per heavy atom. The number of nitrogens with zero attached hydrogens (tertiary/aromatic N) is 6. The van der Waals surface area contributed by atoms with Crippen molar-refractivity contribution < 1.29 is 4.11 Å². The van der Waals surface area contributed by atoms with E-state index in [1.807, 2.05) is 23.0 Å². The van der Waals surface area contributed by atoms with Crippen LogP contribution < -0.4 is 16.2 Å². The molecule has 8 rings (SSSR count). The molecule has 2 N–H and O–H groups in total. The van der Waals surface area contributed by atoms with Gasteiger partial charge in [-0.25, -0.2) is 4.68 Å². The number of anilines is 2. The molecule has 0 radical (unpaired) electrons. The maximum atomic E-state index is 13.3. The molecule has 0 unspecified atom stereocenters. The van der Waals surface area contributed by atoms with Gasteiger partial charge in [0.15, 0.2) is 0 Å². The predicted octanol–water partition coefficient (Wildman–Crippen LogP) is 6.37. The van der Waals surface area contributed by atoms with Crippen molar-refractivity contribution in [3.63, 3.8) is 0 Å². The van der Waals surface area contributed by atoms with Crippen molar-refractivity contribution in [2.75, 3.05) is 17.2 Å². The molecule has 3 fully saturated rings. The average molecular weight is 596 g/mol. The molecular formula is C33H33ClN8O. The van der Waals surface area contributed by atoms with E-state index >= 15 is 0 Å². The van der Waals surface area contributed by atoms with Crippen LogP contribution in [0.1, 0.15) is 67.0 Å². The van der Waals surface area contributed by atoms with Gasteiger partial charge in [-0.2, -0.15) is 5.26 Å². The lowest BCUT2D eigenvalue weighted by Gasteiger charge is -2.61. The third-order valence-electron chi connectivity index (χ3n) is 8.74. The van der Waals surface area contributed by atoms with Gasteiger partial charge < -0.3 is 15.2 Å². The highest BCUT2D eigenvalue weighted by Gasteiger charge is 2.59. The highest BCUT2D eigenvalue weighted by Crippen LogP contribution is 2.62. The van der Waals surface area contributed by atoms with Gasteiger partial charge in [0.25, 0.3) is 5.56 Å². The largest absolute Gasteiger partial charge is 0.383 e. The van der Waals surface area contributed by atoms with E-state index in [4.69, 9.17) is 15.7 Å². The molecule has 3 heterocycles. The molecule has 3 saturated carbocycles. The standard InChI is InChI=1S/C33H33ClN8O/c1-32(2,3)18-37-28-20(15-35)16-36-29-25(28)10-21(11-26(29)34)38-30(27-17-42(40-39-27)33-12-19(13-33)14-33)23-6-5-7-24-22(23)8-9-41(4)31(24)43/h5-11,16-17,19,30,38H,12-14,18H2,1-4H3,(H,36,37)/t19?,30-,33?/m0/s1/i4D3. The topological polar surface area (TPSA) is 113 Å². The number of pyridine rings is 2. The Morgan fingerprint density at radius 1 is 1.21 bits per heavy atom. The molecular weight excluding hydrogens is 560 g/mol. The van der Waals surface area contributed by atoms with Crippen LogP contribution in [0.3, 0.4) is 0 Å². The van der Waals surface area contributed by atoms with Crippen LogP contribution in [-0.2, 0) is 12.5 Å². The zero-order chi connectivity index (χ0) is 32.6. The number of rotatable bonds is 7. The number of hydrogen-bond acceptors (Lipinski definition) is 7. The summed E-state index contributed by atoms with van der Waals surface area (Å²) in [5, 5.41) is 28.1. The van der Waals surface area contributed by atoms with Crippen LogP contribution in [0, 0.1) is 22.7 Å². The van der Waals surface area contributed by atoms with Crippen molar-refractivity contribution in [3.8, 4) is 6.07 Å². The summed E-state index contributed by atoms with van der Waals surface area (Å²) >= 11 is 6.82. The number of fused-ring (bicyclic) bond motifs is 2. The van der Waals surface area contributed by atoms with Crippen molar-refractivity contribution in [2.45, 2.75) is 51.6 Å². The summed E-state index contributed by atoms with van der Waals surface area (Å²) < 4.78 is 26.2. The fourth-order valence-electron chi connectivity index (χ4n) is 6.36. The molecule has 1 atom stereocenters. The van der Waals surface area contributed by atoms with Gasteiger partial charge >= 0.3 is 0 Å². The molecule has 3 aromatic heterocycles. The molecule has 0 amide bonds. The minimum Gasteiger partial charge on any atom is -0.383 e. The second-order valence-electron chi connectivity index (χ2n) is 13.1. The van der Waals surface area contributed by atoms with E-state index in [1.165, 1.54) is 12.4 Å². The first kappa shape index (κ1) is 24.1. The van der Waals surface area contributed by atoms with Crippen molar-refractivity contribution in [1.29, 1.82) is 5.26 Å². The average Bonchev–Trinajstić information content (AvgIpc) is 3.41. The van der Waals surface area contributed by atoms with E-state index in [2.05, 4.69) is 52.8 Å². The molecule has 3 aliphatic rings. The number of benzene rings is 2. The van der Waals surface area contributed by atoms with Gasteiger partial charge in [0.2, 0.25) is 0 Å². The first-order valence-corrected chi connectivity index (χ1v) is 14.7. The van der Waals surface area contributed by atoms with Gasteiger partial charge in [-0.05, 0) is 65.8 Å². The number of nitriles is 1. The minimum atomic E-state index is -2.61. The number of aryl methyl sites for hydroxylation is 1. The van der Waals surface area contributed by atoms with E-state index in [0.717, 1.165) is 35.3 Å². The van der Waals surface area contributed by atoms with Crippen molar-refractivity contribution in [3.05, 3.63) is 87.2 Å². The molecule has 0 spiro atoms. The number of hydrogen-bond donors (Lipinski definition) is 2. The maximum absolute atomic E-state index is 13.3. The molecule has 9 nitrogen and oxygen atoms in total. The first-order valence-electron chi connectivity index (χ1n) is 15.9. The second-order valence-corrected chi connectivity index (χ2v) is 13.5. The molecule has 2 aromatic carbocycles. The SMILES string of the molecule is [2H]C([2H])([2H])n1ccc2c([C@H](Nc3cc(Cl)c4ncc(C#N)c(NCC(C)(C)C)c4c3)c3cn(C45CC(C4)C5)nn3)cccc2c1=O. The van der Waals surface area contributed by atoms with Crippen molar-refractivity contribution in [1.82, 2.24) is 24.5 Å². The molecule has 3 aliphatic carbocycles. The molecule has 218 valence electrons. The molecule has 43 heavy (non-hydrogen) atoms. The van der Waals surface area contributed by atoms with Crippen LogP contribution in [0.4, 0.5) is 11.4 Å². The van der Waals surface area contributed by atoms with Gasteiger partial charge in [-0.1, -0.05) is 49.7 Å². The van der Waals surface area contributed by atoms with Crippen LogP contribution in [0.25, 0.3) is 21.7 Å². The predicted molar refractivity (Wildman–Crippen MR) is 169 cm³/mol. The highest BCUT2D eigenvalue weighted by atomic mass is 35.5. The lowest BCUT2D eigenvalue weighted by molar-refractivity contribution is -0.0989. The Morgan fingerprint density at radius 3 is 2.72 bits per heavy atom. The summed E-state index contributed by atoms with van der Waals surface area (Å²) in [4.78, 5) is 17.8. The summed E-state index contributed by atoms with van der Waals surface area (Å²) in [5.74, 6) is 0.757. The summed E-state index contributed by atoms with van der Waals surface area (Å²) in [7, 11) is 0. The Kier molecular flexibility index (Phi) is 5.49. The highest BCUT2D eigenvalue weighted by molar-refractivity contribution is 6.35. The number of halogens is 1. The Labute approximate surface area is 258 Å². The normalized spacial score (nSPS) is 21.2. The fraction of sp³-hybridized carbons (Fsp3) is 0.364. The lowest BCUT2D eigenvalue weighted by atomic mass is 9.50. The third kappa shape index (κ3) is 4.61. The Hall–Kier alpha value is -4.42. The number of aromatic nitrogens is 5. The van der Waals surface area contributed by atoms with E-state index in [9.17, 15) is 10.1 Å². The maximum Gasteiger partial charge on any atom is 0.258 e. The fourth-order valence-corrected chi connectivity index (χ4v) is 6.63. The van der Waals surface area contributed by atoms with E-state index in [-0.39, 0.29) is 16.3 Å². The summed E-state index contributed by atoms with van der Waals surface area (Å²) in [6, 6.07) is 12.3. The lowest BCUT2D eigenvalue weighted by Crippen LogP contribution is -2.59. The molecule has 5 aromatic rings. The van der Waals surface area contributed by atoms with Crippen LogP contribution in [0.5, 0.6) is 0 Å². The quantitative estimate of drug-likeness (QED) is 0.225. The van der Waals surface area contributed by atoms with E-state index in [0.29, 0.717) is 50.5 Å². The van der Waals surface area contributed by atoms with E-state index < -0.39 is 18.6 Å². The summed E-state index contributed by atoms with van der Waals surface area (Å²) in [6.07, 6.45) is 8.08.